The fourth-order valence-corrected chi connectivity index (χ4v) is 2.45. The Kier molecular flexibility index (Phi) is 5.08. The van der Waals surface area contributed by atoms with E-state index in [1.165, 1.54) is 6.07 Å². The molecule has 0 atom stereocenters. The van der Waals surface area contributed by atoms with Crippen molar-refractivity contribution >= 4 is 17.3 Å². The lowest BCUT2D eigenvalue weighted by Gasteiger charge is -2.13. The molecule has 0 radical (unpaired) electrons. The Bertz CT molecular complexity index is 681. The van der Waals surface area contributed by atoms with E-state index in [2.05, 4.69) is 5.32 Å². The van der Waals surface area contributed by atoms with Crippen LogP contribution in [0.5, 0.6) is 17.2 Å². The van der Waals surface area contributed by atoms with Gasteiger partial charge in [-0.3, -0.25) is 0 Å². The fraction of sp³-hybridized carbons (Fsp3) is 0.294. The van der Waals surface area contributed by atoms with Crippen LogP contribution in [0.2, 0.25) is 5.02 Å². The van der Waals surface area contributed by atoms with E-state index in [0.717, 1.165) is 12.1 Å². The average molecular weight is 338 g/mol. The quantitative estimate of drug-likeness (QED) is 0.833. The van der Waals surface area contributed by atoms with Crippen molar-refractivity contribution < 1.29 is 18.6 Å². The number of para-hydroxylation sites is 1. The number of rotatable bonds is 5. The number of anilines is 1. The zero-order valence-electron chi connectivity index (χ0n) is 12.5. The number of fused-ring (bicyclic) bond motifs is 1. The van der Waals surface area contributed by atoms with E-state index in [0.29, 0.717) is 42.9 Å². The Morgan fingerprint density at radius 3 is 2.65 bits per heavy atom. The summed E-state index contributed by atoms with van der Waals surface area (Å²) in [5, 5.41) is 3.70. The number of benzene rings is 2. The van der Waals surface area contributed by atoms with Crippen molar-refractivity contribution in [2.24, 2.45) is 0 Å². The van der Waals surface area contributed by atoms with Crippen molar-refractivity contribution in [1.82, 2.24) is 0 Å². The average Bonchev–Trinajstić information content (AvgIpc) is 2.78. The van der Waals surface area contributed by atoms with Gasteiger partial charge in [-0.15, -0.1) is 0 Å². The second-order valence-corrected chi connectivity index (χ2v) is 5.44. The topological polar surface area (TPSA) is 39.7 Å². The SMILES string of the molecule is Fc1ccccc1OCCNc1cc2c(cc1Cl)OCCCO2. The molecule has 2 aromatic carbocycles. The maximum absolute atomic E-state index is 13.4. The van der Waals surface area contributed by atoms with Gasteiger partial charge in [0.05, 0.1) is 23.9 Å². The van der Waals surface area contributed by atoms with E-state index < -0.39 is 0 Å². The smallest absolute Gasteiger partial charge is 0.165 e. The number of ether oxygens (including phenoxy) is 3. The molecule has 6 heteroatoms. The van der Waals surface area contributed by atoms with Gasteiger partial charge in [0.2, 0.25) is 0 Å². The Morgan fingerprint density at radius 2 is 1.87 bits per heavy atom. The molecule has 0 fully saturated rings. The fourth-order valence-electron chi connectivity index (χ4n) is 2.23. The lowest BCUT2D eigenvalue weighted by Crippen LogP contribution is -2.12. The molecule has 122 valence electrons. The summed E-state index contributed by atoms with van der Waals surface area (Å²) in [5.41, 5.74) is 0.730. The van der Waals surface area contributed by atoms with E-state index >= 15 is 0 Å². The normalized spacial score (nSPS) is 13.3. The molecule has 1 aliphatic heterocycles. The summed E-state index contributed by atoms with van der Waals surface area (Å²) in [6.45, 7) is 2.02. The molecule has 0 spiro atoms. The van der Waals surface area contributed by atoms with Gasteiger partial charge in [-0.1, -0.05) is 23.7 Å². The van der Waals surface area contributed by atoms with Crippen molar-refractivity contribution in [3.8, 4) is 17.2 Å². The third kappa shape index (κ3) is 3.99. The molecule has 4 nitrogen and oxygen atoms in total. The predicted molar refractivity (Wildman–Crippen MR) is 87.4 cm³/mol. The number of hydrogen-bond donors (Lipinski definition) is 1. The van der Waals surface area contributed by atoms with Crippen molar-refractivity contribution in [3.63, 3.8) is 0 Å². The second-order valence-electron chi connectivity index (χ2n) is 5.03. The molecule has 1 N–H and O–H groups in total. The molecule has 0 unspecified atom stereocenters. The highest BCUT2D eigenvalue weighted by Gasteiger charge is 2.14. The standard InChI is InChI=1S/C17H17ClFNO3/c18-12-10-16-17(22-8-3-7-21-16)11-14(12)20-6-9-23-15-5-2-1-4-13(15)19/h1-2,4-5,10-11,20H,3,6-9H2. The molecule has 1 aliphatic rings. The maximum Gasteiger partial charge on any atom is 0.165 e. The minimum Gasteiger partial charge on any atom is -0.490 e. The van der Waals surface area contributed by atoms with Crippen LogP contribution in [0.15, 0.2) is 36.4 Å². The molecule has 0 aromatic heterocycles. The predicted octanol–water partition coefficient (Wildman–Crippen LogP) is 4.13. The highest BCUT2D eigenvalue weighted by Crippen LogP contribution is 2.37. The summed E-state index contributed by atoms with van der Waals surface area (Å²) in [4.78, 5) is 0. The van der Waals surface area contributed by atoms with Gasteiger partial charge in [0, 0.05) is 25.1 Å². The molecule has 1 heterocycles. The van der Waals surface area contributed by atoms with E-state index in [1.54, 1.807) is 24.3 Å². The Labute approximate surface area is 139 Å². The first kappa shape index (κ1) is 15.7. The minimum atomic E-state index is -0.374. The molecule has 23 heavy (non-hydrogen) atoms. The zero-order chi connectivity index (χ0) is 16.1. The van der Waals surface area contributed by atoms with Gasteiger partial charge < -0.3 is 19.5 Å². The number of nitrogens with one attached hydrogen (secondary N) is 1. The molecule has 0 saturated carbocycles. The van der Waals surface area contributed by atoms with Gasteiger partial charge in [0.1, 0.15) is 6.61 Å². The van der Waals surface area contributed by atoms with Gasteiger partial charge >= 0.3 is 0 Å². The monoisotopic (exact) mass is 337 g/mol. The van der Waals surface area contributed by atoms with Gasteiger partial charge in [-0.25, -0.2) is 4.39 Å². The first-order valence-corrected chi connectivity index (χ1v) is 7.82. The van der Waals surface area contributed by atoms with Gasteiger partial charge in [-0.2, -0.15) is 0 Å². The lowest BCUT2D eigenvalue weighted by atomic mass is 10.2. The van der Waals surface area contributed by atoms with Crippen LogP contribution in [0, 0.1) is 5.82 Å². The number of halogens is 2. The summed E-state index contributed by atoms with van der Waals surface area (Å²) in [6.07, 6.45) is 0.839. The lowest BCUT2D eigenvalue weighted by molar-refractivity contribution is 0.297. The van der Waals surface area contributed by atoms with Crippen molar-refractivity contribution in [2.45, 2.75) is 6.42 Å². The van der Waals surface area contributed by atoms with Crippen LogP contribution in [0.3, 0.4) is 0 Å². The van der Waals surface area contributed by atoms with Crippen LogP contribution in [0.25, 0.3) is 0 Å². The molecule has 3 rings (SSSR count). The Hall–Kier alpha value is -2.14. The molecule has 2 aromatic rings. The summed E-state index contributed by atoms with van der Waals surface area (Å²) in [5.74, 6) is 1.19. The van der Waals surface area contributed by atoms with Gasteiger partial charge in [-0.05, 0) is 12.1 Å². The highest BCUT2D eigenvalue weighted by atomic mass is 35.5. The third-order valence-electron chi connectivity index (χ3n) is 3.35. The largest absolute Gasteiger partial charge is 0.490 e. The molecule has 0 saturated heterocycles. The third-order valence-corrected chi connectivity index (χ3v) is 3.66. The first-order chi connectivity index (χ1) is 11.2. The van der Waals surface area contributed by atoms with E-state index in [-0.39, 0.29) is 11.6 Å². The van der Waals surface area contributed by atoms with Gasteiger partial charge in [0.15, 0.2) is 23.1 Å². The minimum absolute atomic E-state index is 0.235. The summed E-state index contributed by atoms with van der Waals surface area (Å²) >= 11 is 6.24. The molecule has 0 amide bonds. The van der Waals surface area contributed by atoms with Crippen molar-refractivity contribution in [3.05, 3.63) is 47.2 Å². The number of hydrogen-bond acceptors (Lipinski definition) is 4. The maximum atomic E-state index is 13.4. The van der Waals surface area contributed by atoms with Crippen LogP contribution in [-0.2, 0) is 0 Å². The summed E-state index contributed by atoms with van der Waals surface area (Å²) in [7, 11) is 0. The zero-order valence-corrected chi connectivity index (χ0v) is 13.2. The van der Waals surface area contributed by atoms with Crippen LogP contribution in [0.1, 0.15) is 6.42 Å². The first-order valence-electron chi connectivity index (χ1n) is 7.44. The van der Waals surface area contributed by atoms with Crippen LogP contribution in [-0.4, -0.2) is 26.4 Å². The van der Waals surface area contributed by atoms with Crippen LogP contribution < -0.4 is 19.5 Å². The van der Waals surface area contributed by atoms with Gasteiger partial charge in [0.25, 0.3) is 0 Å². The molecular formula is C17H17ClFNO3. The Balaban J connectivity index is 1.58. The second kappa shape index (κ2) is 7.42. The molecule has 0 bridgehead atoms. The summed E-state index contributed by atoms with van der Waals surface area (Å²) in [6, 6.07) is 9.86. The Morgan fingerprint density at radius 1 is 1.13 bits per heavy atom. The molecule has 0 aliphatic carbocycles. The van der Waals surface area contributed by atoms with E-state index in [4.69, 9.17) is 25.8 Å². The van der Waals surface area contributed by atoms with Crippen LogP contribution in [0.4, 0.5) is 10.1 Å². The van der Waals surface area contributed by atoms with Crippen molar-refractivity contribution in [2.75, 3.05) is 31.7 Å². The summed E-state index contributed by atoms with van der Waals surface area (Å²) < 4.78 is 30.0. The van der Waals surface area contributed by atoms with E-state index in [1.807, 2.05) is 6.07 Å². The van der Waals surface area contributed by atoms with Crippen molar-refractivity contribution in [1.29, 1.82) is 0 Å². The van der Waals surface area contributed by atoms with E-state index in [9.17, 15) is 4.39 Å². The highest BCUT2D eigenvalue weighted by molar-refractivity contribution is 6.33. The van der Waals surface area contributed by atoms with Crippen LogP contribution >= 0.6 is 11.6 Å². The molecular weight excluding hydrogens is 321 g/mol.